The number of methoxy groups -OCH3 is 1. The summed E-state index contributed by atoms with van der Waals surface area (Å²) in [6.45, 7) is 0.469. The van der Waals surface area contributed by atoms with Crippen LogP contribution in [0.4, 0.5) is 5.69 Å². The summed E-state index contributed by atoms with van der Waals surface area (Å²) in [6.07, 6.45) is 1.76. The van der Waals surface area contributed by atoms with Gasteiger partial charge in [0.1, 0.15) is 0 Å². The number of pyridine rings is 1. The zero-order valence-electron chi connectivity index (χ0n) is 10.6. The van der Waals surface area contributed by atoms with Gasteiger partial charge < -0.3 is 15.8 Å². The number of anilines is 1. The number of aromatic nitrogens is 1. The summed E-state index contributed by atoms with van der Waals surface area (Å²) >= 11 is 5.86. The molecule has 1 atom stereocenters. The van der Waals surface area contributed by atoms with Gasteiger partial charge in [0.15, 0.2) is 0 Å². The van der Waals surface area contributed by atoms with Crippen molar-refractivity contribution in [3.8, 4) is 5.88 Å². The highest BCUT2D eigenvalue weighted by molar-refractivity contribution is 6.30. The zero-order valence-corrected chi connectivity index (χ0v) is 11.4. The Morgan fingerprint density at radius 3 is 2.53 bits per heavy atom. The van der Waals surface area contributed by atoms with Gasteiger partial charge in [-0.2, -0.15) is 0 Å². The van der Waals surface area contributed by atoms with E-state index in [1.807, 2.05) is 36.4 Å². The van der Waals surface area contributed by atoms with Gasteiger partial charge in [0, 0.05) is 29.5 Å². The van der Waals surface area contributed by atoms with Crippen molar-refractivity contribution in [2.75, 3.05) is 19.0 Å². The van der Waals surface area contributed by atoms with Crippen LogP contribution in [0, 0.1) is 0 Å². The van der Waals surface area contributed by atoms with Crippen molar-refractivity contribution in [3.05, 3.63) is 53.2 Å². The number of halogens is 1. The molecule has 0 amide bonds. The van der Waals surface area contributed by atoms with Crippen LogP contribution in [0.15, 0.2) is 42.6 Å². The number of nitrogens with one attached hydrogen (secondary N) is 1. The highest BCUT2D eigenvalue weighted by Crippen LogP contribution is 2.21. The average molecular weight is 278 g/mol. The van der Waals surface area contributed by atoms with E-state index in [9.17, 15) is 0 Å². The Kier molecular flexibility index (Phi) is 4.60. The number of nitrogens with two attached hydrogens (primary N) is 1. The second-order valence-electron chi connectivity index (χ2n) is 4.07. The number of hydrogen-bond donors (Lipinski definition) is 2. The lowest BCUT2D eigenvalue weighted by molar-refractivity contribution is 0.397. The summed E-state index contributed by atoms with van der Waals surface area (Å²) in [5.41, 5.74) is 7.79. The third-order valence-electron chi connectivity index (χ3n) is 2.79. The minimum absolute atomic E-state index is 0.000387. The van der Waals surface area contributed by atoms with E-state index in [1.54, 1.807) is 13.3 Å². The van der Waals surface area contributed by atoms with Gasteiger partial charge in [-0.05, 0) is 29.8 Å². The van der Waals surface area contributed by atoms with Crippen molar-refractivity contribution in [3.63, 3.8) is 0 Å². The number of nitrogens with zero attached hydrogens (tertiary/aromatic N) is 1. The molecule has 0 saturated heterocycles. The SMILES string of the molecule is COc1ccc(C(CN)Nc2ccc(Cl)cc2)cn1. The summed E-state index contributed by atoms with van der Waals surface area (Å²) in [5, 5.41) is 4.05. The Hall–Kier alpha value is -1.78. The predicted molar refractivity (Wildman–Crippen MR) is 77.7 cm³/mol. The molecule has 2 aromatic rings. The van der Waals surface area contributed by atoms with Crippen LogP contribution in [0.2, 0.25) is 5.02 Å². The molecule has 1 aromatic carbocycles. The third kappa shape index (κ3) is 3.59. The number of rotatable bonds is 5. The Labute approximate surface area is 117 Å². The third-order valence-corrected chi connectivity index (χ3v) is 3.04. The van der Waals surface area contributed by atoms with Gasteiger partial charge in [-0.1, -0.05) is 17.7 Å². The molecule has 0 aliphatic carbocycles. The van der Waals surface area contributed by atoms with E-state index in [0.29, 0.717) is 17.4 Å². The molecule has 0 aliphatic heterocycles. The molecule has 4 nitrogen and oxygen atoms in total. The second kappa shape index (κ2) is 6.41. The number of hydrogen-bond acceptors (Lipinski definition) is 4. The Balaban J connectivity index is 2.12. The van der Waals surface area contributed by atoms with Crippen molar-refractivity contribution < 1.29 is 4.74 Å². The van der Waals surface area contributed by atoms with Gasteiger partial charge in [-0.3, -0.25) is 0 Å². The van der Waals surface area contributed by atoms with E-state index in [2.05, 4.69) is 10.3 Å². The molecule has 0 aliphatic rings. The first-order chi connectivity index (χ1) is 9.22. The predicted octanol–water partition coefficient (Wildman–Crippen LogP) is 2.86. The summed E-state index contributed by atoms with van der Waals surface area (Å²) in [4.78, 5) is 4.18. The van der Waals surface area contributed by atoms with Gasteiger partial charge in [-0.15, -0.1) is 0 Å². The maximum Gasteiger partial charge on any atom is 0.212 e. The lowest BCUT2D eigenvalue weighted by atomic mass is 10.1. The van der Waals surface area contributed by atoms with Crippen molar-refractivity contribution in [1.29, 1.82) is 0 Å². The van der Waals surface area contributed by atoms with Gasteiger partial charge in [-0.25, -0.2) is 4.98 Å². The van der Waals surface area contributed by atoms with Crippen LogP contribution in [0.5, 0.6) is 5.88 Å². The minimum Gasteiger partial charge on any atom is -0.481 e. The van der Waals surface area contributed by atoms with E-state index in [-0.39, 0.29) is 6.04 Å². The molecular formula is C14H16ClN3O. The first-order valence-electron chi connectivity index (χ1n) is 5.95. The molecule has 3 N–H and O–H groups in total. The topological polar surface area (TPSA) is 60.2 Å². The lowest BCUT2D eigenvalue weighted by Crippen LogP contribution is -2.20. The van der Waals surface area contributed by atoms with Gasteiger partial charge >= 0.3 is 0 Å². The highest BCUT2D eigenvalue weighted by atomic mass is 35.5. The molecule has 19 heavy (non-hydrogen) atoms. The quantitative estimate of drug-likeness (QED) is 0.882. The monoisotopic (exact) mass is 277 g/mol. The Bertz CT molecular complexity index is 513. The van der Waals surface area contributed by atoms with Gasteiger partial charge in [0.25, 0.3) is 0 Å². The van der Waals surface area contributed by atoms with Crippen LogP contribution in [0.1, 0.15) is 11.6 Å². The molecule has 0 spiro atoms. The molecule has 2 rings (SSSR count). The minimum atomic E-state index is -0.000387. The van der Waals surface area contributed by atoms with Crippen molar-refractivity contribution in [2.24, 2.45) is 5.73 Å². The Morgan fingerprint density at radius 2 is 2.00 bits per heavy atom. The molecule has 100 valence electrons. The van der Waals surface area contributed by atoms with E-state index >= 15 is 0 Å². The summed E-state index contributed by atoms with van der Waals surface area (Å²) in [7, 11) is 1.59. The Morgan fingerprint density at radius 1 is 1.26 bits per heavy atom. The first-order valence-corrected chi connectivity index (χ1v) is 6.33. The normalized spacial score (nSPS) is 11.9. The van der Waals surface area contributed by atoms with E-state index in [1.165, 1.54) is 0 Å². The lowest BCUT2D eigenvalue weighted by Gasteiger charge is -2.18. The fourth-order valence-electron chi connectivity index (χ4n) is 1.74. The molecule has 1 aromatic heterocycles. The van der Waals surface area contributed by atoms with Crippen LogP contribution in [-0.4, -0.2) is 18.6 Å². The molecular weight excluding hydrogens is 262 g/mol. The highest BCUT2D eigenvalue weighted by Gasteiger charge is 2.10. The van der Waals surface area contributed by atoms with E-state index < -0.39 is 0 Å². The van der Waals surface area contributed by atoms with Crippen LogP contribution < -0.4 is 15.8 Å². The summed E-state index contributed by atoms with van der Waals surface area (Å²) in [6, 6.07) is 11.3. The molecule has 0 bridgehead atoms. The number of ether oxygens (including phenoxy) is 1. The molecule has 0 saturated carbocycles. The van der Waals surface area contributed by atoms with Crippen molar-refractivity contribution >= 4 is 17.3 Å². The molecule has 0 radical (unpaired) electrons. The van der Waals surface area contributed by atoms with E-state index in [0.717, 1.165) is 11.3 Å². The fraction of sp³-hybridized carbons (Fsp3) is 0.214. The summed E-state index contributed by atoms with van der Waals surface area (Å²) < 4.78 is 5.04. The number of benzene rings is 1. The van der Waals surface area contributed by atoms with E-state index in [4.69, 9.17) is 22.1 Å². The molecule has 1 unspecified atom stereocenters. The fourth-order valence-corrected chi connectivity index (χ4v) is 1.87. The largest absolute Gasteiger partial charge is 0.481 e. The van der Waals surface area contributed by atoms with Crippen LogP contribution >= 0.6 is 11.6 Å². The van der Waals surface area contributed by atoms with Gasteiger partial charge in [0.05, 0.1) is 13.2 Å². The average Bonchev–Trinajstić information content (AvgIpc) is 2.47. The maximum atomic E-state index is 5.86. The molecule has 0 fully saturated rings. The molecule has 1 heterocycles. The van der Waals surface area contributed by atoms with Gasteiger partial charge in [0.2, 0.25) is 5.88 Å². The van der Waals surface area contributed by atoms with Crippen molar-refractivity contribution in [2.45, 2.75) is 6.04 Å². The zero-order chi connectivity index (χ0) is 13.7. The maximum absolute atomic E-state index is 5.86. The van der Waals surface area contributed by atoms with Crippen LogP contribution in [-0.2, 0) is 0 Å². The van der Waals surface area contributed by atoms with Crippen molar-refractivity contribution in [1.82, 2.24) is 4.98 Å². The smallest absolute Gasteiger partial charge is 0.212 e. The van der Waals surface area contributed by atoms with Crippen LogP contribution in [0.25, 0.3) is 0 Å². The molecule has 5 heteroatoms. The first kappa shape index (κ1) is 13.6. The summed E-state index contributed by atoms with van der Waals surface area (Å²) in [5.74, 6) is 0.589. The van der Waals surface area contributed by atoms with Crippen LogP contribution in [0.3, 0.4) is 0 Å². The standard InChI is InChI=1S/C14H16ClN3O/c1-19-14-7-2-10(9-17-14)13(8-16)18-12-5-3-11(15)4-6-12/h2-7,9,13,18H,8,16H2,1H3. The second-order valence-corrected chi connectivity index (χ2v) is 4.51.